The van der Waals surface area contributed by atoms with Gasteiger partial charge in [-0.25, -0.2) is 0 Å². The molecule has 0 spiro atoms. The van der Waals surface area contributed by atoms with Crippen molar-refractivity contribution < 1.29 is 0 Å². The summed E-state index contributed by atoms with van der Waals surface area (Å²) < 4.78 is 0. The zero-order valence-electron chi connectivity index (χ0n) is 7.97. The zero-order chi connectivity index (χ0) is 9.26. The fraction of sp³-hybridized carbons (Fsp3) is 0.455. The molecule has 1 heterocycles. The number of hydrogen-bond acceptors (Lipinski definition) is 2. The van der Waals surface area contributed by atoms with E-state index >= 15 is 0 Å². The first-order valence-electron chi connectivity index (χ1n) is 4.76. The van der Waals surface area contributed by atoms with E-state index in [1.165, 1.54) is 28.2 Å². The van der Waals surface area contributed by atoms with Gasteiger partial charge in [-0.3, -0.25) is 0 Å². The topological polar surface area (TPSA) is 26.0 Å². The smallest absolute Gasteiger partial charge is 0.0114 e. The zero-order valence-corrected chi connectivity index (χ0v) is 8.79. The Kier molecular flexibility index (Phi) is 2.49. The van der Waals surface area contributed by atoms with Gasteiger partial charge in [-0.1, -0.05) is 12.2 Å². The Morgan fingerprint density at radius 2 is 2.23 bits per heavy atom. The van der Waals surface area contributed by atoms with Crippen molar-refractivity contribution in [2.24, 2.45) is 5.73 Å². The van der Waals surface area contributed by atoms with Crippen molar-refractivity contribution in [3.63, 3.8) is 0 Å². The number of thioether (sulfide) groups is 1. The minimum atomic E-state index is 1.04. The maximum absolute atomic E-state index is 5.85. The van der Waals surface area contributed by atoms with Gasteiger partial charge in [0.25, 0.3) is 0 Å². The Bertz CT molecular complexity index is 310. The van der Waals surface area contributed by atoms with E-state index in [-0.39, 0.29) is 0 Å². The molecule has 0 saturated heterocycles. The van der Waals surface area contributed by atoms with E-state index in [9.17, 15) is 0 Å². The lowest BCUT2D eigenvalue weighted by molar-refractivity contribution is 0.889. The Hall–Kier alpha value is -0.630. The Morgan fingerprint density at radius 1 is 1.38 bits per heavy atom. The molecule has 0 amide bonds. The van der Waals surface area contributed by atoms with Crippen molar-refractivity contribution in [3.05, 3.63) is 33.9 Å². The van der Waals surface area contributed by atoms with Gasteiger partial charge in [0.1, 0.15) is 0 Å². The van der Waals surface area contributed by atoms with Gasteiger partial charge in [-0.2, -0.15) is 0 Å². The normalized spacial score (nSPS) is 23.2. The average Bonchev–Trinajstić information content (AvgIpc) is 2.62. The first-order valence-corrected chi connectivity index (χ1v) is 5.75. The fourth-order valence-corrected chi connectivity index (χ4v) is 2.77. The van der Waals surface area contributed by atoms with Crippen LogP contribution in [0.25, 0.3) is 0 Å². The number of allylic oxidation sites excluding steroid dienone is 5. The predicted octanol–water partition coefficient (Wildman–Crippen LogP) is 2.96. The van der Waals surface area contributed by atoms with Gasteiger partial charge in [0.05, 0.1) is 0 Å². The molecule has 0 unspecified atom stereocenters. The van der Waals surface area contributed by atoms with Gasteiger partial charge in [-0.05, 0) is 37.3 Å². The highest BCUT2D eigenvalue weighted by Gasteiger charge is 2.14. The third-order valence-corrected chi connectivity index (χ3v) is 3.76. The first kappa shape index (κ1) is 8.95. The van der Waals surface area contributed by atoms with Gasteiger partial charge >= 0.3 is 0 Å². The molecule has 1 nitrogen and oxygen atoms in total. The fourth-order valence-electron chi connectivity index (χ4n) is 1.73. The van der Waals surface area contributed by atoms with Crippen LogP contribution in [0.2, 0.25) is 0 Å². The summed E-state index contributed by atoms with van der Waals surface area (Å²) in [5, 5.41) is 0. The van der Waals surface area contributed by atoms with Gasteiger partial charge in [0.2, 0.25) is 0 Å². The first-order chi connectivity index (χ1) is 6.27. The van der Waals surface area contributed by atoms with E-state index < -0.39 is 0 Å². The van der Waals surface area contributed by atoms with Crippen molar-refractivity contribution >= 4 is 11.8 Å². The van der Waals surface area contributed by atoms with Crippen LogP contribution in [0.5, 0.6) is 0 Å². The summed E-state index contributed by atoms with van der Waals surface area (Å²) in [7, 11) is 0. The molecular formula is C11H15NS. The molecule has 0 fully saturated rings. The molecule has 0 aromatic carbocycles. The van der Waals surface area contributed by atoms with Crippen LogP contribution in [0.4, 0.5) is 0 Å². The minimum Gasteiger partial charge on any atom is -0.402 e. The molecule has 2 aliphatic rings. The molecule has 13 heavy (non-hydrogen) atoms. The molecule has 2 N–H and O–H groups in total. The van der Waals surface area contributed by atoms with E-state index in [0.29, 0.717) is 0 Å². The van der Waals surface area contributed by atoms with Crippen LogP contribution < -0.4 is 5.73 Å². The van der Waals surface area contributed by atoms with Crippen molar-refractivity contribution in [1.82, 2.24) is 0 Å². The van der Waals surface area contributed by atoms with E-state index in [4.69, 9.17) is 5.73 Å². The lowest BCUT2D eigenvalue weighted by Crippen LogP contribution is -2.05. The summed E-state index contributed by atoms with van der Waals surface area (Å²) >= 11 is 1.98. The van der Waals surface area contributed by atoms with Crippen molar-refractivity contribution in [2.45, 2.75) is 26.2 Å². The SMILES string of the molecule is CC1=C(N)CCC(C2=CCCS2)=C1. The quantitative estimate of drug-likeness (QED) is 0.693. The van der Waals surface area contributed by atoms with E-state index in [1.807, 2.05) is 11.8 Å². The summed E-state index contributed by atoms with van der Waals surface area (Å²) in [6, 6.07) is 0. The number of rotatable bonds is 1. The van der Waals surface area contributed by atoms with Crippen LogP contribution in [0.1, 0.15) is 26.2 Å². The van der Waals surface area contributed by atoms with Crippen LogP contribution in [0, 0.1) is 0 Å². The summed E-state index contributed by atoms with van der Waals surface area (Å²) in [6.45, 7) is 2.11. The lowest BCUT2D eigenvalue weighted by Gasteiger charge is -2.15. The Morgan fingerprint density at radius 3 is 2.85 bits per heavy atom. The highest BCUT2D eigenvalue weighted by molar-refractivity contribution is 8.03. The van der Waals surface area contributed by atoms with Gasteiger partial charge < -0.3 is 5.73 Å². The standard InChI is InChI=1S/C11H15NS/c1-8-7-9(4-5-10(8)12)11-3-2-6-13-11/h3,7H,2,4-6,12H2,1H3. The van der Waals surface area contributed by atoms with Crippen LogP contribution in [-0.4, -0.2) is 5.75 Å². The molecule has 70 valence electrons. The Labute approximate surface area is 83.8 Å². The third kappa shape index (κ3) is 1.83. The second-order valence-corrected chi connectivity index (χ2v) is 4.72. The van der Waals surface area contributed by atoms with Crippen LogP contribution >= 0.6 is 11.8 Å². The molecule has 0 radical (unpaired) electrons. The van der Waals surface area contributed by atoms with Crippen molar-refractivity contribution in [2.75, 3.05) is 5.75 Å². The van der Waals surface area contributed by atoms with E-state index in [1.54, 1.807) is 0 Å². The third-order valence-electron chi connectivity index (χ3n) is 2.58. The summed E-state index contributed by atoms with van der Waals surface area (Å²) in [6.07, 6.45) is 8.00. The Balaban J connectivity index is 2.21. The maximum atomic E-state index is 5.85. The maximum Gasteiger partial charge on any atom is 0.0114 e. The van der Waals surface area contributed by atoms with Gasteiger partial charge in [0, 0.05) is 16.4 Å². The molecule has 0 aromatic heterocycles. The monoisotopic (exact) mass is 193 g/mol. The van der Waals surface area contributed by atoms with E-state index in [0.717, 1.165) is 18.5 Å². The average molecular weight is 193 g/mol. The highest BCUT2D eigenvalue weighted by atomic mass is 32.2. The van der Waals surface area contributed by atoms with Crippen LogP contribution in [0.3, 0.4) is 0 Å². The molecule has 0 bridgehead atoms. The largest absolute Gasteiger partial charge is 0.402 e. The minimum absolute atomic E-state index is 1.04. The number of hydrogen-bond donors (Lipinski definition) is 1. The summed E-state index contributed by atoms with van der Waals surface area (Å²) in [4.78, 5) is 1.49. The highest BCUT2D eigenvalue weighted by Crippen LogP contribution is 2.36. The van der Waals surface area contributed by atoms with Crippen molar-refractivity contribution in [1.29, 1.82) is 0 Å². The molecule has 0 saturated carbocycles. The molecule has 1 aliphatic carbocycles. The summed E-state index contributed by atoms with van der Waals surface area (Å²) in [5.41, 5.74) is 9.66. The molecule has 2 heteroatoms. The van der Waals surface area contributed by atoms with E-state index in [2.05, 4.69) is 19.1 Å². The molecule has 1 aliphatic heterocycles. The predicted molar refractivity (Wildman–Crippen MR) is 59.4 cm³/mol. The van der Waals surface area contributed by atoms with Crippen LogP contribution in [0.15, 0.2) is 33.9 Å². The number of nitrogens with two attached hydrogens (primary N) is 1. The van der Waals surface area contributed by atoms with Crippen molar-refractivity contribution in [3.8, 4) is 0 Å². The molecule has 0 aromatic rings. The second kappa shape index (κ2) is 3.62. The van der Waals surface area contributed by atoms with Crippen LogP contribution in [-0.2, 0) is 0 Å². The molecule has 2 rings (SSSR count). The summed E-state index contributed by atoms with van der Waals surface area (Å²) in [5.74, 6) is 1.25. The lowest BCUT2D eigenvalue weighted by atomic mass is 9.97. The molecule has 0 atom stereocenters. The van der Waals surface area contributed by atoms with Gasteiger partial charge in [-0.15, -0.1) is 11.8 Å². The second-order valence-electron chi connectivity index (χ2n) is 3.58. The van der Waals surface area contributed by atoms with Gasteiger partial charge in [0.15, 0.2) is 0 Å². The molecular weight excluding hydrogens is 178 g/mol.